The van der Waals surface area contributed by atoms with Gasteiger partial charge in [-0.05, 0) is 12.1 Å². The number of H-pyrrole nitrogens is 1. The first-order valence-corrected chi connectivity index (χ1v) is 8.47. The van der Waals surface area contributed by atoms with Crippen molar-refractivity contribution in [2.45, 2.75) is 10.9 Å². The molecule has 0 saturated heterocycles. The van der Waals surface area contributed by atoms with Gasteiger partial charge in [-0.1, -0.05) is 17.8 Å². The molecule has 5 nitrogen and oxygen atoms in total. The lowest BCUT2D eigenvalue weighted by atomic mass is 10.2. The molecule has 1 aliphatic rings. The smallest absolute Gasteiger partial charge is 0.231 e. The van der Waals surface area contributed by atoms with Crippen LogP contribution in [0.5, 0.6) is 11.5 Å². The van der Waals surface area contributed by atoms with Gasteiger partial charge in [0, 0.05) is 43.2 Å². The van der Waals surface area contributed by atoms with Gasteiger partial charge >= 0.3 is 0 Å². The summed E-state index contributed by atoms with van der Waals surface area (Å²) in [5.41, 5.74) is 3.23. The summed E-state index contributed by atoms with van der Waals surface area (Å²) in [7, 11) is 3.82. The molecule has 0 unspecified atom stereocenters. The first-order valence-electron chi connectivity index (χ1n) is 7.48. The van der Waals surface area contributed by atoms with E-state index < -0.39 is 0 Å². The number of benzene rings is 2. The Morgan fingerprint density at radius 3 is 2.83 bits per heavy atom. The van der Waals surface area contributed by atoms with Crippen molar-refractivity contribution in [1.29, 1.82) is 0 Å². The highest BCUT2D eigenvalue weighted by Crippen LogP contribution is 2.36. The highest BCUT2D eigenvalue weighted by atomic mass is 32.2. The Kier molecular flexibility index (Phi) is 3.72. The summed E-state index contributed by atoms with van der Waals surface area (Å²) in [6.45, 7) is 0.240. The molecule has 0 radical (unpaired) electrons. The number of hydrogen-bond acceptors (Lipinski definition) is 5. The molecule has 1 N–H and O–H groups in total. The number of imidazole rings is 1. The first-order chi connectivity index (χ1) is 11.6. The Balaban J connectivity index is 1.60. The number of thioether (sulfide) groups is 1. The minimum absolute atomic E-state index is 0.203. The zero-order valence-electron chi connectivity index (χ0n) is 13.3. The second kappa shape index (κ2) is 5.90. The van der Waals surface area contributed by atoms with Crippen LogP contribution in [-0.4, -0.2) is 30.9 Å². The summed E-state index contributed by atoms with van der Waals surface area (Å²) in [5.74, 6) is 1.71. The lowest BCUT2D eigenvalue weighted by molar-refractivity contribution is 0.174. The first kappa shape index (κ1) is 15.1. The Labute approximate surface area is 142 Å². The van der Waals surface area contributed by atoms with Crippen LogP contribution in [0.4, 0.5) is 10.1 Å². The average molecular weight is 345 g/mol. The Morgan fingerprint density at radius 1 is 1.25 bits per heavy atom. The maximum atomic E-state index is 14.2. The summed E-state index contributed by atoms with van der Waals surface area (Å²) in [6, 6.07) is 8.86. The molecule has 0 fully saturated rings. The monoisotopic (exact) mass is 345 g/mol. The van der Waals surface area contributed by atoms with Crippen LogP contribution in [0.3, 0.4) is 0 Å². The van der Waals surface area contributed by atoms with Crippen molar-refractivity contribution in [3.63, 3.8) is 0 Å². The van der Waals surface area contributed by atoms with Crippen LogP contribution in [0.1, 0.15) is 5.56 Å². The lowest BCUT2D eigenvalue weighted by Gasteiger charge is -2.17. The fourth-order valence-electron chi connectivity index (χ4n) is 2.69. The fraction of sp³-hybridized carbons (Fsp3) is 0.235. The lowest BCUT2D eigenvalue weighted by Crippen LogP contribution is -2.11. The van der Waals surface area contributed by atoms with Crippen molar-refractivity contribution in [1.82, 2.24) is 9.97 Å². The molecule has 4 rings (SSSR count). The van der Waals surface area contributed by atoms with E-state index in [1.165, 1.54) is 17.8 Å². The van der Waals surface area contributed by atoms with Crippen molar-refractivity contribution in [2.75, 3.05) is 25.8 Å². The van der Waals surface area contributed by atoms with Gasteiger partial charge in [0.25, 0.3) is 0 Å². The Hall–Kier alpha value is -2.41. The number of halogens is 1. The van der Waals surface area contributed by atoms with Gasteiger partial charge in [-0.3, -0.25) is 0 Å². The second-order valence-corrected chi connectivity index (χ2v) is 6.65. The molecule has 0 saturated carbocycles. The molecular weight excluding hydrogens is 329 g/mol. The number of aromatic nitrogens is 2. The number of nitrogens with zero attached hydrogens (tertiary/aromatic N) is 2. The molecule has 0 aliphatic carbocycles. The maximum absolute atomic E-state index is 14.2. The quantitative estimate of drug-likeness (QED) is 0.729. The van der Waals surface area contributed by atoms with Crippen LogP contribution in [0.25, 0.3) is 11.0 Å². The van der Waals surface area contributed by atoms with Crippen molar-refractivity contribution in [3.8, 4) is 11.5 Å². The standard InChI is InChI=1S/C17H16FN3O2S/c1-21(2)14-5-3-4-11(18)10(14)8-24-17-19-12-6-15-16(23-9-22-15)7-13(12)20-17/h3-7H,8-9H2,1-2H3,(H,19,20). The zero-order chi connectivity index (χ0) is 16.7. The summed E-state index contributed by atoms with van der Waals surface area (Å²) in [5, 5.41) is 0.738. The highest BCUT2D eigenvalue weighted by molar-refractivity contribution is 7.98. The van der Waals surface area contributed by atoms with E-state index in [0.29, 0.717) is 22.8 Å². The van der Waals surface area contributed by atoms with E-state index in [4.69, 9.17) is 9.47 Å². The molecule has 24 heavy (non-hydrogen) atoms. The largest absolute Gasteiger partial charge is 0.454 e. The highest BCUT2D eigenvalue weighted by Gasteiger charge is 2.17. The third-order valence-electron chi connectivity index (χ3n) is 3.88. The molecule has 0 atom stereocenters. The van der Waals surface area contributed by atoms with E-state index in [9.17, 15) is 4.39 Å². The number of fused-ring (bicyclic) bond motifs is 2. The number of hydrogen-bond donors (Lipinski definition) is 1. The summed E-state index contributed by atoms with van der Waals surface area (Å²) >= 11 is 1.47. The van der Waals surface area contributed by atoms with Crippen LogP contribution < -0.4 is 14.4 Å². The van der Waals surface area contributed by atoms with Gasteiger partial charge in [-0.2, -0.15) is 0 Å². The summed E-state index contributed by atoms with van der Waals surface area (Å²) < 4.78 is 24.9. The number of ether oxygens (including phenoxy) is 2. The van der Waals surface area contributed by atoms with E-state index >= 15 is 0 Å². The van der Waals surface area contributed by atoms with Crippen molar-refractivity contribution in [2.24, 2.45) is 0 Å². The predicted molar refractivity (Wildman–Crippen MR) is 92.5 cm³/mol. The molecule has 0 bridgehead atoms. The fourth-order valence-corrected chi connectivity index (χ4v) is 3.61. The van der Waals surface area contributed by atoms with Crippen molar-refractivity contribution in [3.05, 3.63) is 41.7 Å². The van der Waals surface area contributed by atoms with Gasteiger partial charge in [-0.25, -0.2) is 9.37 Å². The number of nitrogens with one attached hydrogen (secondary N) is 1. The molecule has 3 aromatic rings. The molecule has 1 aromatic heterocycles. The average Bonchev–Trinajstić information content (AvgIpc) is 3.16. The van der Waals surface area contributed by atoms with Crippen LogP contribution in [0, 0.1) is 5.82 Å². The number of aromatic amines is 1. The molecule has 124 valence electrons. The van der Waals surface area contributed by atoms with E-state index in [2.05, 4.69) is 9.97 Å². The van der Waals surface area contributed by atoms with E-state index in [-0.39, 0.29) is 12.6 Å². The molecule has 7 heteroatoms. The zero-order valence-corrected chi connectivity index (χ0v) is 14.1. The van der Waals surface area contributed by atoms with Gasteiger partial charge in [0.1, 0.15) is 5.82 Å². The summed E-state index contributed by atoms with van der Waals surface area (Å²) in [6.07, 6.45) is 0. The van der Waals surface area contributed by atoms with Crippen LogP contribution in [0.15, 0.2) is 35.5 Å². The summed E-state index contributed by atoms with van der Waals surface area (Å²) in [4.78, 5) is 9.70. The van der Waals surface area contributed by atoms with Crippen LogP contribution in [0.2, 0.25) is 0 Å². The van der Waals surface area contributed by atoms with Crippen LogP contribution >= 0.6 is 11.8 Å². The third kappa shape index (κ3) is 2.65. The molecule has 0 spiro atoms. The maximum Gasteiger partial charge on any atom is 0.231 e. The molecular formula is C17H16FN3O2S. The number of rotatable bonds is 4. The van der Waals surface area contributed by atoms with Gasteiger partial charge in [0.2, 0.25) is 6.79 Å². The molecule has 2 heterocycles. The van der Waals surface area contributed by atoms with Gasteiger partial charge in [0.15, 0.2) is 16.7 Å². The minimum atomic E-state index is -0.203. The van der Waals surface area contributed by atoms with E-state index in [1.54, 1.807) is 6.07 Å². The Morgan fingerprint density at radius 2 is 2.04 bits per heavy atom. The molecule has 1 aliphatic heterocycles. The molecule has 0 amide bonds. The van der Waals surface area contributed by atoms with Crippen LogP contribution in [-0.2, 0) is 5.75 Å². The third-order valence-corrected chi connectivity index (χ3v) is 4.78. The number of anilines is 1. The van der Waals surface area contributed by atoms with Gasteiger partial charge in [0.05, 0.1) is 11.0 Å². The minimum Gasteiger partial charge on any atom is -0.454 e. The van der Waals surface area contributed by atoms with Crippen molar-refractivity contribution >= 4 is 28.5 Å². The molecule has 2 aromatic carbocycles. The second-order valence-electron chi connectivity index (χ2n) is 5.69. The van der Waals surface area contributed by atoms with E-state index in [1.807, 2.05) is 37.2 Å². The Bertz CT molecular complexity index is 869. The van der Waals surface area contributed by atoms with E-state index in [0.717, 1.165) is 21.9 Å². The normalized spacial score (nSPS) is 12.8. The SMILES string of the molecule is CN(C)c1cccc(F)c1CSc1nc2cc3c(cc2[nH]1)OCO3. The predicted octanol–water partition coefficient (Wildman–Crippen LogP) is 3.79. The van der Waals surface area contributed by atoms with Gasteiger partial charge in [-0.15, -0.1) is 0 Å². The topological polar surface area (TPSA) is 50.4 Å². The van der Waals surface area contributed by atoms with Gasteiger partial charge < -0.3 is 19.4 Å². The van der Waals surface area contributed by atoms with Crippen molar-refractivity contribution < 1.29 is 13.9 Å².